The quantitative estimate of drug-likeness (QED) is 0.117. The molecule has 0 saturated heterocycles. The molecule has 1 heterocycles. The molecule has 56 heavy (non-hydrogen) atoms. The van der Waals surface area contributed by atoms with Gasteiger partial charge >= 0.3 is 11.9 Å². The summed E-state index contributed by atoms with van der Waals surface area (Å²) in [6.07, 6.45) is 17.4. The van der Waals surface area contributed by atoms with Crippen molar-refractivity contribution in [2.75, 3.05) is 18.6 Å². The van der Waals surface area contributed by atoms with E-state index in [-0.39, 0.29) is 18.0 Å². The second-order valence-corrected chi connectivity index (χ2v) is 14.9. The summed E-state index contributed by atoms with van der Waals surface area (Å²) in [7, 11) is 1.33. The number of carbonyl (C=O) groups excluding carboxylic acids is 2. The summed E-state index contributed by atoms with van der Waals surface area (Å²) in [4.78, 5) is 22.3. The molecule has 1 aromatic carbocycles. The van der Waals surface area contributed by atoms with Crippen LogP contribution >= 0.6 is 11.8 Å². The van der Waals surface area contributed by atoms with Gasteiger partial charge < -0.3 is 19.3 Å². The first-order valence-corrected chi connectivity index (χ1v) is 19.8. The van der Waals surface area contributed by atoms with E-state index in [1.807, 2.05) is 13.8 Å². The number of terminal acetylenes is 1. The lowest BCUT2D eigenvalue weighted by Crippen LogP contribution is -2.37. The molecule has 290 valence electrons. The molecule has 2 rings (SSSR count). The minimum Gasteiger partial charge on any atom is -0.507 e. The van der Waals surface area contributed by atoms with Gasteiger partial charge in [-0.25, -0.2) is 0 Å². The number of methoxy groups -OCH3 is 1. The highest BCUT2D eigenvalue weighted by atomic mass is 32.2. The van der Waals surface area contributed by atoms with Gasteiger partial charge in [0, 0.05) is 64.4 Å². The zero-order valence-corrected chi connectivity index (χ0v) is 34.9. The van der Waals surface area contributed by atoms with Crippen LogP contribution in [0.25, 0.3) is 0 Å². The maximum Gasteiger partial charge on any atom is 0.320 e. The molecule has 0 bridgehead atoms. The van der Waals surface area contributed by atoms with Crippen LogP contribution < -0.4 is 4.74 Å². The van der Waals surface area contributed by atoms with Crippen LogP contribution in [0, 0.1) is 140 Å². The van der Waals surface area contributed by atoms with Gasteiger partial charge in [-0.15, -0.1) is 6.42 Å². The van der Waals surface area contributed by atoms with Crippen molar-refractivity contribution < 1.29 is 28.9 Å². The summed E-state index contributed by atoms with van der Waals surface area (Å²) in [6.45, 7) is 15.4. The molecule has 1 aliphatic rings. The first kappa shape index (κ1) is 48.2. The molecule has 7 heteroatoms. The zero-order valence-electron chi connectivity index (χ0n) is 34.1. The smallest absolute Gasteiger partial charge is 0.320 e. The standard InChI is InChI=1S/C25H12O4S.C24H40O2/c1-3-4-5-6-7-8-9-10-11-12-13-14-15-16-17-18-21-29-25(27)20-23-30-22-19-24(26)28-2;1-16(2)10-8-11-17(3)12-9-14-24(7)15-13-21-20(6)22(25)18(4)19(5)23(21)26-24/h1H,19-20,22-23H2,2H3;16-17,25H,8-15H2,1-7H3. The van der Waals surface area contributed by atoms with Crippen molar-refractivity contribution in [3.05, 3.63) is 22.3 Å². The van der Waals surface area contributed by atoms with Gasteiger partial charge in [0.25, 0.3) is 0 Å². The van der Waals surface area contributed by atoms with Gasteiger partial charge in [-0.3, -0.25) is 9.59 Å². The third-order valence-corrected chi connectivity index (χ3v) is 9.75. The molecule has 0 amide bonds. The summed E-state index contributed by atoms with van der Waals surface area (Å²) in [5.74, 6) is 42.0. The summed E-state index contributed by atoms with van der Waals surface area (Å²) in [5, 5.41) is 10.3. The Morgan fingerprint density at radius 2 is 1.29 bits per heavy atom. The molecule has 1 aromatic rings. The number of phenolic OH excluding ortho intramolecular Hbond substituents is 1. The fourth-order valence-electron chi connectivity index (χ4n) is 5.43. The van der Waals surface area contributed by atoms with E-state index in [1.165, 1.54) is 56.5 Å². The third-order valence-electron chi connectivity index (χ3n) is 8.77. The van der Waals surface area contributed by atoms with E-state index in [4.69, 9.17) is 11.2 Å². The van der Waals surface area contributed by atoms with Crippen molar-refractivity contribution in [1.82, 2.24) is 0 Å². The molecule has 0 fully saturated rings. The Morgan fingerprint density at radius 1 is 0.768 bits per heavy atom. The number of thioether (sulfide) groups is 1. The largest absolute Gasteiger partial charge is 0.507 e. The van der Waals surface area contributed by atoms with Crippen molar-refractivity contribution in [2.24, 2.45) is 11.8 Å². The van der Waals surface area contributed by atoms with E-state index in [0.717, 1.165) is 53.5 Å². The average molecular weight is 769 g/mol. The molecule has 0 radical (unpaired) electrons. The lowest BCUT2D eigenvalue weighted by atomic mass is 9.84. The van der Waals surface area contributed by atoms with Crippen molar-refractivity contribution in [2.45, 2.75) is 118 Å². The Hall–Kier alpha value is -5.85. The molecule has 0 aliphatic carbocycles. The second kappa shape index (κ2) is 28.6. The fourth-order valence-corrected chi connectivity index (χ4v) is 6.26. The normalized spacial score (nSPS) is 13.0. The van der Waals surface area contributed by atoms with Crippen molar-refractivity contribution in [3.63, 3.8) is 0 Å². The van der Waals surface area contributed by atoms with Crippen LogP contribution in [0.15, 0.2) is 0 Å². The fraction of sp³-hybridized carbons (Fsp3) is 0.469. The molecule has 0 aromatic heterocycles. The van der Waals surface area contributed by atoms with E-state index >= 15 is 0 Å². The molecule has 2 atom stereocenters. The maximum atomic E-state index is 11.4. The van der Waals surface area contributed by atoms with Crippen molar-refractivity contribution in [1.29, 1.82) is 0 Å². The van der Waals surface area contributed by atoms with E-state index in [2.05, 4.69) is 145 Å². The number of aromatic hydroxyl groups is 1. The third kappa shape index (κ3) is 21.1. The van der Waals surface area contributed by atoms with Crippen LogP contribution in [0.1, 0.15) is 108 Å². The topological polar surface area (TPSA) is 82.1 Å². The maximum absolute atomic E-state index is 11.4. The highest BCUT2D eigenvalue weighted by molar-refractivity contribution is 7.99. The first-order chi connectivity index (χ1) is 26.8. The molecule has 6 nitrogen and oxygen atoms in total. The first-order valence-electron chi connectivity index (χ1n) is 18.7. The monoisotopic (exact) mass is 768 g/mol. The predicted molar refractivity (Wildman–Crippen MR) is 227 cm³/mol. The van der Waals surface area contributed by atoms with Crippen LogP contribution in [0.4, 0.5) is 0 Å². The van der Waals surface area contributed by atoms with Crippen molar-refractivity contribution >= 4 is 23.7 Å². The molecule has 0 saturated carbocycles. The van der Waals surface area contributed by atoms with Crippen LogP contribution in [0.3, 0.4) is 0 Å². The molecule has 2 unspecified atom stereocenters. The average Bonchev–Trinajstić information content (AvgIpc) is 3.17. The number of hydrogen-bond acceptors (Lipinski definition) is 7. The Morgan fingerprint density at radius 3 is 1.82 bits per heavy atom. The highest BCUT2D eigenvalue weighted by Gasteiger charge is 2.34. The second-order valence-electron chi connectivity index (χ2n) is 13.7. The van der Waals surface area contributed by atoms with Gasteiger partial charge in [0.1, 0.15) is 23.2 Å². The van der Waals surface area contributed by atoms with Gasteiger partial charge in [-0.1, -0.05) is 46.5 Å². The highest BCUT2D eigenvalue weighted by Crippen LogP contribution is 2.44. The Labute approximate surface area is 341 Å². The number of esters is 2. The van der Waals surface area contributed by atoms with Crippen LogP contribution in [0.2, 0.25) is 0 Å². The van der Waals surface area contributed by atoms with Gasteiger partial charge in [0.2, 0.25) is 0 Å². The molecule has 1 N–H and O–H groups in total. The predicted octanol–water partition coefficient (Wildman–Crippen LogP) is 7.87. The molecular formula is C49H52O6S. The minimum absolute atomic E-state index is 0.0642. The Kier molecular flexibility index (Phi) is 24.6. The number of benzene rings is 1. The summed E-state index contributed by atoms with van der Waals surface area (Å²) < 4.78 is 15.7. The molecule has 0 spiro atoms. The number of ether oxygens (including phenoxy) is 3. The van der Waals surface area contributed by atoms with E-state index < -0.39 is 5.97 Å². The van der Waals surface area contributed by atoms with Gasteiger partial charge in [-0.2, -0.15) is 11.8 Å². The van der Waals surface area contributed by atoms with Crippen LogP contribution in [-0.4, -0.2) is 41.3 Å². The molecule has 1 aliphatic heterocycles. The lowest BCUT2D eigenvalue weighted by Gasteiger charge is -2.38. The summed E-state index contributed by atoms with van der Waals surface area (Å²) in [6, 6.07) is 0. The lowest BCUT2D eigenvalue weighted by molar-refractivity contribution is -0.140. The van der Waals surface area contributed by atoms with Crippen LogP contribution in [-0.2, 0) is 25.5 Å². The zero-order chi connectivity index (χ0) is 41.6. The van der Waals surface area contributed by atoms with E-state index in [1.54, 1.807) is 0 Å². The summed E-state index contributed by atoms with van der Waals surface area (Å²) >= 11 is 1.45. The van der Waals surface area contributed by atoms with Crippen LogP contribution in [0.5, 0.6) is 11.5 Å². The van der Waals surface area contributed by atoms with E-state index in [9.17, 15) is 14.7 Å². The summed E-state index contributed by atoms with van der Waals surface area (Å²) in [5.41, 5.74) is 4.22. The van der Waals surface area contributed by atoms with Gasteiger partial charge in [0.05, 0.1) is 20.0 Å². The van der Waals surface area contributed by atoms with Gasteiger partial charge in [0.15, 0.2) is 0 Å². The number of carbonyl (C=O) groups is 2. The number of rotatable bonds is 14. The number of hydrogen-bond donors (Lipinski definition) is 1. The van der Waals surface area contributed by atoms with Crippen molar-refractivity contribution in [3.8, 4) is 119 Å². The Balaban J connectivity index is 0.000000564. The van der Waals surface area contributed by atoms with E-state index in [0.29, 0.717) is 23.7 Å². The van der Waals surface area contributed by atoms with Gasteiger partial charge in [-0.05, 0) is 129 Å². The number of phenols is 1. The minimum atomic E-state index is -0.472. The Bertz CT molecular complexity index is 2080. The number of fused-ring (bicyclic) bond motifs is 1. The molecular weight excluding hydrogens is 717 g/mol. The SMILES string of the molecule is C#CC#CC#CC#CC#CC#CC#CC#CC#COC(=O)CCSCCC(=O)OC.Cc1c(C)c2c(c(C)c1O)CCC(C)(CCCC(C)CCCC(C)C)O2.